The lowest BCUT2D eigenvalue weighted by molar-refractivity contribution is -0.137. The molecule has 2 fully saturated rings. The van der Waals surface area contributed by atoms with Crippen LogP contribution in [-0.4, -0.2) is 50.1 Å². The number of hydrogen-bond acceptors (Lipinski definition) is 5. The van der Waals surface area contributed by atoms with Gasteiger partial charge in [0.1, 0.15) is 5.69 Å². The molecule has 1 aromatic carbocycles. The lowest BCUT2D eigenvalue weighted by Crippen LogP contribution is -2.34. The molecule has 168 valence electrons. The molecule has 2 aromatic rings. The number of amides is 1. The minimum absolute atomic E-state index is 0.0510. The molecular formula is C21H24F3N3O4. The average molecular weight is 439 g/mol. The first-order valence-corrected chi connectivity index (χ1v) is 10.1. The largest absolute Gasteiger partial charge is 0.416 e. The molecule has 7 nitrogen and oxygen atoms in total. The van der Waals surface area contributed by atoms with E-state index in [4.69, 9.17) is 4.74 Å². The van der Waals surface area contributed by atoms with Crippen molar-refractivity contribution in [3.8, 4) is 0 Å². The van der Waals surface area contributed by atoms with E-state index in [9.17, 15) is 28.2 Å². The maximum Gasteiger partial charge on any atom is 0.416 e. The molecule has 0 radical (unpaired) electrons. The van der Waals surface area contributed by atoms with Gasteiger partial charge in [-0.3, -0.25) is 0 Å². The minimum Gasteiger partial charge on any atom is -0.374 e. The van der Waals surface area contributed by atoms with Crippen molar-refractivity contribution in [2.24, 2.45) is 11.8 Å². The van der Waals surface area contributed by atoms with Crippen molar-refractivity contribution in [2.45, 2.75) is 44.9 Å². The number of hydrogen-bond donors (Lipinski definition) is 2. The van der Waals surface area contributed by atoms with E-state index in [-0.39, 0.29) is 36.3 Å². The van der Waals surface area contributed by atoms with Crippen molar-refractivity contribution in [1.29, 1.82) is 0 Å². The lowest BCUT2D eigenvalue weighted by atomic mass is 10.0. The molecule has 1 saturated carbocycles. The quantitative estimate of drug-likeness (QED) is 0.715. The normalized spacial score (nSPS) is 23.6. The van der Waals surface area contributed by atoms with Crippen LogP contribution in [-0.2, 0) is 17.5 Å². The molecule has 1 amide bonds. The van der Waals surface area contributed by atoms with Gasteiger partial charge in [-0.05, 0) is 54.9 Å². The number of aliphatic hydroxyl groups is 2. The fourth-order valence-electron chi connectivity index (χ4n) is 4.56. The van der Waals surface area contributed by atoms with Gasteiger partial charge in [0.2, 0.25) is 0 Å². The minimum atomic E-state index is -4.38. The molecule has 2 aliphatic rings. The summed E-state index contributed by atoms with van der Waals surface area (Å²) in [6, 6.07) is 4.84. The van der Waals surface area contributed by atoms with Crippen molar-refractivity contribution in [3.63, 3.8) is 0 Å². The molecule has 10 heteroatoms. The molecule has 2 N–H and O–H groups in total. The first-order valence-electron chi connectivity index (χ1n) is 10.1. The smallest absolute Gasteiger partial charge is 0.374 e. The van der Waals surface area contributed by atoms with Crippen LogP contribution in [0.5, 0.6) is 0 Å². The number of alkyl halides is 3. The Morgan fingerprint density at radius 3 is 2.52 bits per heavy atom. The number of aryl methyl sites for hydroxylation is 1. The summed E-state index contributed by atoms with van der Waals surface area (Å²) in [5.41, 5.74) is 0.373. The number of likely N-dealkylation sites (tertiary alicyclic amines) is 1. The van der Waals surface area contributed by atoms with Gasteiger partial charge in [-0.2, -0.15) is 23.0 Å². The van der Waals surface area contributed by atoms with Crippen LogP contribution in [0.25, 0.3) is 0 Å². The summed E-state index contributed by atoms with van der Waals surface area (Å²) < 4.78 is 45.6. The van der Waals surface area contributed by atoms with E-state index in [0.717, 1.165) is 29.7 Å². The van der Waals surface area contributed by atoms with E-state index in [1.54, 1.807) is 17.9 Å². The number of rotatable bonds is 4. The molecule has 0 bridgehead atoms. The monoisotopic (exact) mass is 439 g/mol. The number of carbonyl (C=O) groups is 1. The van der Waals surface area contributed by atoms with Gasteiger partial charge in [-0.25, -0.2) is 4.79 Å². The van der Waals surface area contributed by atoms with E-state index < -0.39 is 18.0 Å². The van der Waals surface area contributed by atoms with Gasteiger partial charge in [0.25, 0.3) is 0 Å². The fourth-order valence-corrected chi connectivity index (χ4v) is 4.56. The molecule has 1 aliphatic heterocycles. The van der Waals surface area contributed by atoms with E-state index in [0.29, 0.717) is 24.2 Å². The Kier molecular flexibility index (Phi) is 5.80. The summed E-state index contributed by atoms with van der Waals surface area (Å²) in [5.74, 6) is 0.519. The van der Waals surface area contributed by atoms with Gasteiger partial charge >= 0.3 is 12.2 Å². The third-order valence-corrected chi connectivity index (χ3v) is 6.09. The number of nitrogens with zero attached hydrogens (tertiary/aromatic N) is 3. The van der Waals surface area contributed by atoms with Gasteiger partial charge in [-0.1, -0.05) is 12.1 Å². The Hall–Kier alpha value is -2.43. The summed E-state index contributed by atoms with van der Waals surface area (Å²) in [6.45, 7) is 2.86. The van der Waals surface area contributed by atoms with Crippen LogP contribution in [0.4, 0.5) is 18.0 Å². The molecule has 1 aromatic heterocycles. The second-order valence-corrected chi connectivity index (χ2v) is 8.33. The highest BCUT2D eigenvalue weighted by atomic mass is 19.4. The first-order chi connectivity index (χ1) is 14.6. The molecule has 31 heavy (non-hydrogen) atoms. The van der Waals surface area contributed by atoms with Crippen LogP contribution in [0, 0.1) is 18.8 Å². The summed E-state index contributed by atoms with van der Waals surface area (Å²) in [4.78, 5) is 14.4. The predicted molar refractivity (Wildman–Crippen MR) is 103 cm³/mol. The van der Waals surface area contributed by atoms with Gasteiger partial charge < -0.3 is 19.8 Å². The van der Waals surface area contributed by atoms with Crippen LogP contribution >= 0.6 is 0 Å². The zero-order valence-electron chi connectivity index (χ0n) is 16.9. The van der Waals surface area contributed by atoms with Crippen LogP contribution < -0.4 is 0 Å². The molecular weight excluding hydrogens is 415 g/mol. The highest BCUT2D eigenvalue weighted by molar-refractivity contribution is 5.76. The van der Waals surface area contributed by atoms with Gasteiger partial charge in [0.15, 0.2) is 6.29 Å². The Morgan fingerprint density at radius 2 is 1.94 bits per heavy atom. The third kappa shape index (κ3) is 4.60. The van der Waals surface area contributed by atoms with Crippen LogP contribution in [0.2, 0.25) is 0 Å². The fraction of sp³-hybridized carbons (Fsp3) is 0.524. The van der Waals surface area contributed by atoms with Crippen molar-refractivity contribution >= 4 is 6.03 Å². The maximum atomic E-state index is 12.8. The number of benzene rings is 1. The molecule has 4 rings (SSSR count). The predicted octanol–water partition coefficient (Wildman–Crippen LogP) is 3.09. The van der Waals surface area contributed by atoms with Crippen LogP contribution in [0.15, 0.2) is 30.5 Å². The van der Waals surface area contributed by atoms with Gasteiger partial charge in [0, 0.05) is 19.3 Å². The summed E-state index contributed by atoms with van der Waals surface area (Å²) >= 11 is 0. The van der Waals surface area contributed by atoms with E-state index in [1.807, 2.05) is 0 Å². The summed E-state index contributed by atoms with van der Waals surface area (Å²) in [6.07, 6.45) is -3.20. The number of aromatic nitrogens is 2. The van der Waals surface area contributed by atoms with Gasteiger partial charge in [-0.15, -0.1) is 0 Å². The number of aliphatic hydroxyl groups excluding tert-OH is 1. The average Bonchev–Trinajstić information content (AvgIpc) is 3.38. The number of fused-ring (bicyclic) bond motifs is 1. The highest BCUT2D eigenvalue weighted by Gasteiger charge is 2.43. The van der Waals surface area contributed by atoms with E-state index >= 15 is 0 Å². The standard InChI is InChI=1S/C21H24F3N3O4/c1-12-8-27(25-18(12)19(28)29)20(30)26-9-14-6-17(7-15(14)10-26)31-11-13-3-2-4-16(5-13)21(22,23)24/h2-5,8,14-15,17,19,28-29H,6-7,9-11H2,1H3/t14-,15+,17+. The summed E-state index contributed by atoms with van der Waals surface area (Å²) in [5, 5.41) is 22.6. The zero-order valence-corrected chi connectivity index (χ0v) is 16.9. The number of halogens is 3. The number of ether oxygens (including phenoxy) is 1. The van der Waals surface area contributed by atoms with E-state index in [1.165, 1.54) is 12.3 Å². The van der Waals surface area contributed by atoms with Gasteiger partial charge in [0.05, 0.1) is 18.3 Å². The molecule has 0 unspecified atom stereocenters. The molecule has 1 aliphatic carbocycles. The van der Waals surface area contributed by atoms with Crippen LogP contribution in [0.3, 0.4) is 0 Å². The van der Waals surface area contributed by atoms with Crippen molar-refractivity contribution in [1.82, 2.24) is 14.7 Å². The maximum absolute atomic E-state index is 12.8. The van der Waals surface area contributed by atoms with E-state index in [2.05, 4.69) is 5.10 Å². The van der Waals surface area contributed by atoms with Crippen molar-refractivity contribution < 1.29 is 32.9 Å². The third-order valence-electron chi connectivity index (χ3n) is 6.09. The Morgan fingerprint density at radius 1 is 1.26 bits per heavy atom. The first kappa shape index (κ1) is 21.8. The molecule has 0 spiro atoms. The summed E-state index contributed by atoms with van der Waals surface area (Å²) in [7, 11) is 0. The topological polar surface area (TPSA) is 87.8 Å². The molecule has 3 atom stereocenters. The molecule has 2 heterocycles. The Labute approximate surface area is 177 Å². The highest BCUT2D eigenvalue weighted by Crippen LogP contribution is 2.40. The van der Waals surface area contributed by atoms with Crippen LogP contribution in [0.1, 0.15) is 41.5 Å². The van der Waals surface area contributed by atoms with Crippen molar-refractivity contribution in [2.75, 3.05) is 13.1 Å². The zero-order chi connectivity index (χ0) is 22.3. The lowest BCUT2D eigenvalue weighted by Gasteiger charge is -2.19. The van der Waals surface area contributed by atoms with Crippen molar-refractivity contribution in [3.05, 3.63) is 52.8 Å². The second kappa shape index (κ2) is 8.25. The molecule has 1 saturated heterocycles. The second-order valence-electron chi connectivity index (χ2n) is 8.33. The Bertz CT molecular complexity index is 946. The SMILES string of the molecule is Cc1cn(C(=O)N2C[C@H]3C[C@H](OCc4cccc(C(F)(F)F)c4)C[C@H]3C2)nc1C(O)O. The Balaban J connectivity index is 1.30. The number of carbonyl (C=O) groups excluding carboxylic acids is 1.